The Morgan fingerprint density at radius 1 is 1.03 bits per heavy atom. The van der Waals surface area contributed by atoms with E-state index in [0.717, 1.165) is 43.6 Å². The molecule has 4 rings (SSSR count). The second kappa shape index (κ2) is 10.0. The molecule has 0 saturated carbocycles. The Bertz CT molecular complexity index is 1040. The number of rotatable bonds is 7. The van der Waals surface area contributed by atoms with Crippen molar-refractivity contribution in [3.63, 3.8) is 0 Å². The summed E-state index contributed by atoms with van der Waals surface area (Å²) in [6.45, 7) is 2.58. The first-order valence-corrected chi connectivity index (χ1v) is 10.7. The van der Waals surface area contributed by atoms with Gasteiger partial charge in [0.05, 0.1) is 18.4 Å². The standard InChI is InChI=1S/C24H27N5O2/c30-23-16-22(17-27-29(23)18-20-4-2-1-3-5-20)28-14-9-21(10-15-28)24(31)26-13-8-19-6-11-25-12-7-19/h1-7,11-12,16-17,21H,8-10,13-15,18H2,(H,26,31). The van der Waals surface area contributed by atoms with E-state index in [1.807, 2.05) is 42.5 Å². The smallest absolute Gasteiger partial charge is 0.269 e. The lowest BCUT2D eigenvalue weighted by molar-refractivity contribution is -0.125. The van der Waals surface area contributed by atoms with Crippen LogP contribution in [0.3, 0.4) is 0 Å². The zero-order valence-electron chi connectivity index (χ0n) is 17.5. The lowest BCUT2D eigenvalue weighted by atomic mass is 9.95. The van der Waals surface area contributed by atoms with Crippen molar-refractivity contribution < 1.29 is 4.79 Å². The minimum Gasteiger partial charge on any atom is -0.370 e. The van der Waals surface area contributed by atoms with Gasteiger partial charge in [0, 0.05) is 44.0 Å². The normalized spacial score (nSPS) is 14.4. The fraction of sp³-hybridized carbons (Fsp3) is 0.333. The van der Waals surface area contributed by atoms with Crippen molar-refractivity contribution in [1.29, 1.82) is 0 Å². The second-order valence-electron chi connectivity index (χ2n) is 7.85. The Kier molecular flexibility index (Phi) is 6.72. The van der Waals surface area contributed by atoms with Crippen LogP contribution in [0.2, 0.25) is 0 Å². The Labute approximate surface area is 181 Å². The molecule has 1 aliphatic rings. The molecule has 1 aliphatic heterocycles. The van der Waals surface area contributed by atoms with Crippen LogP contribution >= 0.6 is 0 Å². The van der Waals surface area contributed by atoms with E-state index in [1.54, 1.807) is 24.7 Å². The van der Waals surface area contributed by atoms with Crippen LogP contribution in [-0.4, -0.2) is 40.3 Å². The van der Waals surface area contributed by atoms with Crippen molar-refractivity contribution in [2.45, 2.75) is 25.8 Å². The number of carbonyl (C=O) groups is 1. The van der Waals surface area contributed by atoms with Gasteiger partial charge in [-0.15, -0.1) is 0 Å². The van der Waals surface area contributed by atoms with E-state index in [4.69, 9.17) is 0 Å². The zero-order valence-corrected chi connectivity index (χ0v) is 17.5. The number of hydrogen-bond donors (Lipinski definition) is 1. The molecule has 3 aromatic rings. The largest absolute Gasteiger partial charge is 0.370 e. The highest BCUT2D eigenvalue weighted by atomic mass is 16.2. The van der Waals surface area contributed by atoms with Crippen LogP contribution < -0.4 is 15.8 Å². The second-order valence-corrected chi connectivity index (χ2v) is 7.85. The van der Waals surface area contributed by atoms with Crippen LogP contribution in [0.5, 0.6) is 0 Å². The summed E-state index contributed by atoms with van der Waals surface area (Å²) in [5.74, 6) is 0.130. The minimum absolute atomic E-state index is 0.0140. The van der Waals surface area contributed by atoms with Crippen molar-refractivity contribution >= 4 is 11.6 Å². The number of pyridine rings is 1. The van der Waals surface area contributed by atoms with Crippen molar-refractivity contribution in [2.75, 3.05) is 24.5 Å². The predicted octanol–water partition coefficient (Wildman–Crippen LogP) is 2.26. The monoisotopic (exact) mass is 417 g/mol. The number of carbonyl (C=O) groups excluding carboxylic acids is 1. The fourth-order valence-electron chi connectivity index (χ4n) is 3.90. The number of nitrogens with zero attached hydrogens (tertiary/aromatic N) is 4. The van der Waals surface area contributed by atoms with Gasteiger partial charge in [0.25, 0.3) is 5.56 Å². The lowest BCUT2D eigenvalue weighted by Crippen LogP contribution is -2.41. The van der Waals surface area contributed by atoms with Gasteiger partial charge in [0.2, 0.25) is 5.91 Å². The summed E-state index contributed by atoms with van der Waals surface area (Å²) >= 11 is 0. The third-order valence-corrected chi connectivity index (χ3v) is 5.72. The molecule has 0 bridgehead atoms. The first-order chi connectivity index (χ1) is 15.2. The van der Waals surface area contributed by atoms with Gasteiger partial charge in [0.1, 0.15) is 0 Å². The molecular weight excluding hydrogens is 390 g/mol. The fourth-order valence-corrected chi connectivity index (χ4v) is 3.90. The maximum atomic E-state index is 12.5. The number of nitrogens with one attached hydrogen (secondary N) is 1. The molecule has 0 atom stereocenters. The molecule has 1 amide bonds. The molecule has 0 radical (unpaired) electrons. The topological polar surface area (TPSA) is 80.1 Å². The van der Waals surface area contributed by atoms with Gasteiger partial charge in [-0.25, -0.2) is 4.68 Å². The van der Waals surface area contributed by atoms with Crippen LogP contribution in [0.4, 0.5) is 5.69 Å². The lowest BCUT2D eigenvalue weighted by Gasteiger charge is -2.32. The minimum atomic E-state index is -0.114. The number of anilines is 1. The highest BCUT2D eigenvalue weighted by molar-refractivity contribution is 5.79. The highest BCUT2D eigenvalue weighted by Crippen LogP contribution is 2.22. The zero-order chi connectivity index (χ0) is 21.5. The van der Waals surface area contributed by atoms with Gasteiger partial charge >= 0.3 is 0 Å². The van der Waals surface area contributed by atoms with Gasteiger partial charge < -0.3 is 10.2 Å². The maximum absolute atomic E-state index is 12.5. The first-order valence-electron chi connectivity index (χ1n) is 10.7. The molecule has 1 fully saturated rings. The molecule has 7 heteroatoms. The van der Waals surface area contributed by atoms with Crippen molar-refractivity contribution in [2.24, 2.45) is 5.92 Å². The van der Waals surface area contributed by atoms with Crippen molar-refractivity contribution in [1.82, 2.24) is 20.1 Å². The summed E-state index contributed by atoms with van der Waals surface area (Å²) in [5, 5.41) is 7.40. The van der Waals surface area contributed by atoms with Gasteiger partial charge in [-0.2, -0.15) is 5.10 Å². The molecule has 0 aliphatic carbocycles. The maximum Gasteiger partial charge on any atom is 0.269 e. The van der Waals surface area contributed by atoms with Crippen molar-refractivity contribution in [3.8, 4) is 0 Å². The Morgan fingerprint density at radius 2 is 1.77 bits per heavy atom. The first kappa shape index (κ1) is 20.8. The van der Waals surface area contributed by atoms with Crippen LogP contribution in [0.25, 0.3) is 0 Å². The molecular formula is C24H27N5O2. The summed E-state index contributed by atoms with van der Waals surface area (Å²) in [5.41, 5.74) is 2.92. The molecule has 1 aromatic carbocycles. The average molecular weight is 418 g/mol. The molecule has 2 aromatic heterocycles. The van der Waals surface area contributed by atoms with Crippen molar-refractivity contribution in [3.05, 3.63) is 88.6 Å². The van der Waals surface area contributed by atoms with E-state index in [2.05, 4.69) is 20.3 Å². The number of hydrogen-bond acceptors (Lipinski definition) is 5. The third-order valence-electron chi connectivity index (χ3n) is 5.72. The van der Waals surface area contributed by atoms with Crippen LogP contribution in [0.15, 0.2) is 71.9 Å². The van der Waals surface area contributed by atoms with Gasteiger partial charge in [-0.05, 0) is 42.5 Å². The Balaban J connectivity index is 1.27. The molecule has 1 saturated heterocycles. The van der Waals surface area contributed by atoms with E-state index < -0.39 is 0 Å². The van der Waals surface area contributed by atoms with E-state index >= 15 is 0 Å². The van der Waals surface area contributed by atoms with Gasteiger partial charge in [-0.1, -0.05) is 30.3 Å². The highest BCUT2D eigenvalue weighted by Gasteiger charge is 2.25. The summed E-state index contributed by atoms with van der Waals surface area (Å²) < 4.78 is 1.47. The van der Waals surface area contributed by atoms with Crippen LogP contribution in [0.1, 0.15) is 24.0 Å². The molecule has 31 heavy (non-hydrogen) atoms. The quantitative estimate of drug-likeness (QED) is 0.638. The number of benzene rings is 1. The van der Waals surface area contributed by atoms with Gasteiger partial charge in [-0.3, -0.25) is 14.6 Å². The third kappa shape index (κ3) is 5.57. The summed E-state index contributed by atoms with van der Waals surface area (Å²) in [6, 6.07) is 15.4. The SMILES string of the molecule is O=C(NCCc1ccncc1)C1CCN(c2cnn(Cc3ccccc3)c(=O)c2)CC1. The van der Waals surface area contributed by atoms with Crippen LogP contribution in [0, 0.1) is 5.92 Å². The number of amides is 1. The molecule has 160 valence electrons. The van der Waals surface area contributed by atoms with Crippen LogP contribution in [-0.2, 0) is 17.8 Å². The van der Waals surface area contributed by atoms with E-state index in [-0.39, 0.29) is 17.4 Å². The summed E-state index contributed by atoms with van der Waals surface area (Å²) in [4.78, 5) is 31.1. The average Bonchev–Trinajstić information content (AvgIpc) is 2.82. The van der Waals surface area contributed by atoms with E-state index in [0.29, 0.717) is 13.1 Å². The molecule has 0 spiro atoms. The Morgan fingerprint density at radius 3 is 2.48 bits per heavy atom. The van der Waals surface area contributed by atoms with E-state index in [1.165, 1.54) is 10.2 Å². The summed E-state index contributed by atoms with van der Waals surface area (Å²) in [6.07, 6.45) is 7.63. The van der Waals surface area contributed by atoms with Gasteiger partial charge in [0.15, 0.2) is 0 Å². The molecule has 7 nitrogen and oxygen atoms in total. The molecule has 0 unspecified atom stereocenters. The molecule has 3 heterocycles. The predicted molar refractivity (Wildman–Crippen MR) is 120 cm³/mol. The Hall–Kier alpha value is -3.48. The van der Waals surface area contributed by atoms with E-state index in [9.17, 15) is 9.59 Å². The number of aromatic nitrogens is 3. The number of piperidine rings is 1. The summed E-state index contributed by atoms with van der Waals surface area (Å²) in [7, 11) is 0. The molecule has 1 N–H and O–H groups in total.